The van der Waals surface area contributed by atoms with E-state index in [0.29, 0.717) is 5.88 Å². The average Bonchev–Trinajstić information content (AvgIpc) is 2.88. The van der Waals surface area contributed by atoms with Crippen molar-refractivity contribution in [1.29, 1.82) is 0 Å². The zero-order chi connectivity index (χ0) is 22.9. The van der Waals surface area contributed by atoms with Crippen LogP contribution in [0.5, 0.6) is 5.88 Å². The molecule has 1 N–H and O–H groups in total. The largest absolute Gasteiger partial charge is 0.465 e. The van der Waals surface area contributed by atoms with Crippen molar-refractivity contribution in [2.24, 2.45) is 11.8 Å². The standard InChI is InChI=1S/C29H34N2O2/c1-2-3-10-22-15-17-25(18-16-22)29(32)31-26-19-20-27(30-21-26)33-28(23-11-6-4-7-12-23)24-13-8-5-9-14-24/h4-9,11-14,19-22,25,28H,2-3,10,15-18H2,1H3,(H,31,32). The second-order valence-electron chi connectivity index (χ2n) is 9.05. The van der Waals surface area contributed by atoms with Crippen LogP contribution in [0.3, 0.4) is 0 Å². The number of anilines is 1. The van der Waals surface area contributed by atoms with Crippen LogP contribution in [-0.2, 0) is 4.79 Å². The number of aromatic nitrogens is 1. The van der Waals surface area contributed by atoms with Gasteiger partial charge >= 0.3 is 0 Å². The lowest BCUT2D eigenvalue weighted by atomic mass is 9.79. The third kappa shape index (κ3) is 6.44. The summed E-state index contributed by atoms with van der Waals surface area (Å²) in [6, 6.07) is 24.0. The highest BCUT2D eigenvalue weighted by Crippen LogP contribution is 2.33. The van der Waals surface area contributed by atoms with E-state index in [1.807, 2.05) is 48.5 Å². The molecule has 0 unspecified atom stereocenters. The van der Waals surface area contributed by atoms with E-state index in [2.05, 4.69) is 41.5 Å². The third-order valence-corrected chi connectivity index (χ3v) is 6.63. The molecule has 1 amide bonds. The van der Waals surface area contributed by atoms with Crippen LogP contribution in [0, 0.1) is 11.8 Å². The Bertz CT molecular complexity index is 942. The Labute approximate surface area is 197 Å². The minimum Gasteiger partial charge on any atom is -0.465 e. The number of hydrogen-bond acceptors (Lipinski definition) is 3. The van der Waals surface area contributed by atoms with Gasteiger partial charge in [-0.05, 0) is 48.8 Å². The van der Waals surface area contributed by atoms with Gasteiger partial charge in [-0.3, -0.25) is 4.79 Å². The molecule has 4 heteroatoms. The van der Waals surface area contributed by atoms with Gasteiger partial charge in [-0.1, -0.05) is 86.8 Å². The van der Waals surface area contributed by atoms with Gasteiger partial charge in [0.1, 0.15) is 0 Å². The fourth-order valence-electron chi connectivity index (χ4n) is 4.68. The molecule has 1 saturated carbocycles. The van der Waals surface area contributed by atoms with Gasteiger partial charge in [-0.2, -0.15) is 0 Å². The molecular weight excluding hydrogens is 408 g/mol. The second-order valence-corrected chi connectivity index (χ2v) is 9.05. The van der Waals surface area contributed by atoms with E-state index >= 15 is 0 Å². The van der Waals surface area contributed by atoms with E-state index in [4.69, 9.17) is 4.74 Å². The lowest BCUT2D eigenvalue weighted by Crippen LogP contribution is -2.27. The second kappa shape index (κ2) is 11.6. The third-order valence-electron chi connectivity index (χ3n) is 6.63. The molecule has 1 fully saturated rings. The summed E-state index contributed by atoms with van der Waals surface area (Å²) in [5.74, 6) is 1.56. The van der Waals surface area contributed by atoms with Crippen molar-refractivity contribution < 1.29 is 9.53 Å². The number of rotatable bonds is 9. The summed E-state index contributed by atoms with van der Waals surface area (Å²) in [7, 11) is 0. The molecule has 33 heavy (non-hydrogen) atoms. The number of nitrogens with zero attached hydrogens (tertiary/aromatic N) is 1. The summed E-state index contributed by atoms with van der Waals surface area (Å²) in [5, 5.41) is 3.06. The summed E-state index contributed by atoms with van der Waals surface area (Å²) < 4.78 is 6.28. The van der Waals surface area contributed by atoms with Crippen LogP contribution >= 0.6 is 0 Å². The molecule has 1 heterocycles. The van der Waals surface area contributed by atoms with Gasteiger partial charge in [-0.25, -0.2) is 4.98 Å². The molecule has 4 nitrogen and oxygen atoms in total. The first-order chi connectivity index (χ1) is 16.2. The molecule has 2 aromatic carbocycles. The molecule has 3 aromatic rings. The van der Waals surface area contributed by atoms with Gasteiger partial charge in [0.05, 0.1) is 11.9 Å². The normalized spacial score (nSPS) is 18.1. The first kappa shape index (κ1) is 23.0. The number of benzene rings is 2. The Morgan fingerprint density at radius 1 is 0.939 bits per heavy atom. The molecule has 1 aromatic heterocycles. The number of carbonyl (C=O) groups is 1. The van der Waals surface area contributed by atoms with E-state index in [0.717, 1.165) is 35.6 Å². The van der Waals surface area contributed by atoms with Crippen molar-refractivity contribution in [2.45, 2.75) is 58.0 Å². The molecule has 4 rings (SSSR count). The highest BCUT2D eigenvalue weighted by molar-refractivity contribution is 5.92. The number of carbonyl (C=O) groups excluding carboxylic acids is 1. The molecule has 0 aliphatic heterocycles. The average molecular weight is 443 g/mol. The Hall–Kier alpha value is -3.14. The van der Waals surface area contributed by atoms with Gasteiger partial charge in [0, 0.05) is 12.0 Å². The molecule has 0 spiro atoms. The van der Waals surface area contributed by atoms with Crippen molar-refractivity contribution in [3.8, 4) is 5.88 Å². The quantitative estimate of drug-likeness (QED) is 0.382. The van der Waals surface area contributed by atoms with Gasteiger partial charge in [0.2, 0.25) is 11.8 Å². The predicted molar refractivity (Wildman–Crippen MR) is 133 cm³/mol. The zero-order valence-electron chi connectivity index (χ0n) is 19.5. The maximum atomic E-state index is 12.8. The molecular formula is C29H34N2O2. The number of amides is 1. The van der Waals surface area contributed by atoms with Crippen LogP contribution in [0.4, 0.5) is 5.69 Å². The van der Waals surface area contributed by atoms with Crippen molar-refractivity contribution >= 4 is 11.6 Å². The predicted octanol–water partition coefficient (Wildman–Crippen LogP) is 7.19. The van der Waals surface area contributed by atoms with E-state index in [1.165, 1.54) is 32.1 Å². The summed E-state index contributed by atoms with van der Waals surface area (Å²) in [6.45, 7) is 2.24. The molecule has 0 radical (unpaired) electrons. The maximum Gasteiger partial charge on any atom is 0.227 e. The van der Waals surface area contributed by atoms with Crippen molar-refractivity contribution in [2.75, 3.05) is 5.32 Å². The molecule has 1 aliphatic carbocycles. The van der Waals surface area contributed by atoms with E-state index in [1.54, 1.807) is 6.20 Å². The first-order valence-corrected chi connectivity index (χ1v) is 12.3. The molecule has 0 atom stereocenters. The number of ether oxygens (including phenoxy) is 1. The van der Waals surface area contributed by atoms with Gasteiger partial charge in [0.15, 0.2) is 6.10 Å². The van der Waals surface area contributed by atoms with Crippen LogP contribution < -0.4 is 10.1 Å². The number of hydrogen-bond donors (Lipinski definition) is 1. The Kier molecular flexibility index (Phi) is 8.13. The minimum atomic E-state index is -0.247. The van der Waals surface area contributed by atoms with E-state index < -0.39 is 0 Å². The summed E-state index contributed by atoms with van der Waals surface area (Å²) in [6.07, 6.45) is 9.63. The smallest absolute Gasteiger partial charge is 0.227 e. The Morgan fingerprint density at radius 2 is 1.58 bits per heavy atom. The number of unbranched alkanes of at least 4 members (excludes halogenated alkanes) is 1. The SMILES string of the molecule is CCCCC1CCC(C(=O)Nc2ccc(OC(c3ccccc3)c3ccccc3)nc2)CC1. The summed E-state index contributed by atoms with van der Waals surface area (Å²) >= 11 is 0. The highest BCUT2D eigenvalue weighted by Gasteiger charge is 2.26. The van der Waals surface area contributed by atoms with E-state index in [-0.39, 0.29) is 17.9 Å². The topological polar surface area (TPSA) is 51.2 Å². The lowest BCUT2D eigenvalue weighted by Gasteiger charge is -2.27. The number of nitrogens with one attached hydrogen (secondary N) is 1. The summed E-state index contributed by atoms with van der Waals surface area (Å²) in [4.78, 5) is 17.2. The Balaban J connectivity index is 1.36. The Morgan fingerprint density at radius 3 is 2.12 bits per heavy atom. The first-order valence-electron chi connectivity index (χ1n) is 12.3. The zero-order valence-corrected chi connectivity index (χ0v) is 19.5. The highest BCUT2D eigenvalue weighted by atomic mass is 16.5. The van der Waals surface area contributed by atoms with Crippen LogP contribution in [0.1, 0.15) is 69.1 Å². The lowest BCUT2D eigenvalue weighted by molar-refractivity contribution is -0.121. The monoisotopic (exact) mass is 442 g/mol. The minimum absolute atomic E-state index is 0.111. The summed E-state index contributed by atoms with van der Waals surface area (Å²) in [5.41, 5.74) is 2.85. The maximum absolute atomic E-state index is 12.8. The van der Waals surface area contributed by atoms with Gasteiger partial charge in [0.25, 0.3) is 0 Å². The molecule has 0 bridgehead atoms. The molecule has 172 valence electrons. The molecule has 0 saturated heterocycles. The van der Waals surface area contributed by atoms with Crippen LogP contribution in [0.25, 0.3) is 0 Å². The van der Waals surface area contributed by atoms with E-state index in [9.17, 15) is 4.79 Å². The van der Waals surface area contributed by atoms with Crippen molar-refractivity contribution in [3.63, 3.8) is 0 Å². The van der Waals surface area contributed by atoms with Crippen LogP contribution in [-0.4, -0.2) is 10.9 Å². The van der Waals surface area contributed by atoms with Gasteiger partial charge < -0.3 is 10.1 Å². The van der Waals surface area contributed by atoms with Gasteiger partial charge in [-0.15, -0.1) is 0 Å². The van der Waals surface area contributed by atoms with Crippen LogP contribution in [0.15, 0.2) is 79.0 Å². The molecule has 1 aliphatic rings. The van der Waals surface area contributed by atoms with Crippen molar-refractivity contribution in [3.05, 3.63) is 90.1 Å². The van der Waals surface area contributed by atoms with Crippen molar-refractivity contribution in [1.82, 2.24) is 4.98 Å². The fourth-order valence-corrected chi connectivity index (χ4v) is 4.68. The van der Waals surface area contributed by atoms with Crippen LogP contribution in [0.2, 0.25) is 0 Å². The fraction of sp³-hybridized carbons (Fsp3) is 0.379. The number of pyridine rings is 1.